The minimum atomic E-state index is 0.369. The highest BCUT2D eigenvalue weighted by Crippen LogP contribution is 2.31. The Morgan fingerprint density at radius 1 is 1.40 bits per heavy atom. The van der Waals surface area contributed by atoms with Gasteiger partial charge >= 0.3 is 0 Å². The van der Waals surface area contributed by atoms with Crippen LogP contribution in [0.25, 0.3) is 0 Å². The Kier molecular flexibility index (Phi) is 3.97. The highest BCUT2D eigenvalue weighted by atomic mass is 16.3. The average Bonchev–Trinajstić information content (AvgIpc) is 3.01. The molecule has 0 radical (unpaired) electrons. The molecule has 5 heteroatoms. The molecule has 1 saturated heterocycles. The molecule has 20 heavy (non-hydrogen) atoms. The smallest absolute Gasteiger partial charge is 0.222 e. The van der Waals surface area contributed by atoms with Gasteiger partial charge in [-0.3, -0.25) is 4.90 Å². The molecule has 0 amide bonds. The van der Waals surface area contributed by atoms with Crippen LogP contribution < -0.4 is 5.32 Å². The zero-order valence-electron chi connectivity index (χ0n) is 11.7. The highest BCUT2D eigenvalue weighted by Gasteiger charge is 2.25. The standard InChI is InChI=1S/C15H20N4O/c1-16-15-17-7-5-13(18-15)14-4-2-3-8-19(14)10-12-6-9-20-11-12/h5-7,9,11,14H,2-4,8,10H2,1H3,(H,16,17,18)/t14-/m1/s1. The average molecular weight is 272 g/mol. The number of likely N-dealkylation sites (tertiary alicyclic amines) is 1. The second-order valence-corrected chi connectivity index (χ2v) is 5.17. The van der Waals surface area contributed by atoms with Crippen molar-refractivity contribution in [3.8, 4) is 0 Å². The van der Waals surface area contributed by atoms with Gasteiger partial charge in [-0.2, -0.15) is 0 Å². The van der Waals surface area contributed by atoms with E-state index in [9.17, 15) is 0 Å². The first kappa shape index (κ1) is 13.1. The SMILES string of the molecule is CNc1nccc([C@H]2CCCCN2Cc2ccoc2)n1. The lowest BCUT2D eigenvalue weighted by Crippen LogP contribution is -2.33. The molecule has 0 aliphatic carbocycles. The first-order valence-electron chi connectivity index (χ1n) is 7.12. The highest BCUT2D eigenvalue weighted by molar-refractivity contribution is 5.25. The fraction of sp³-hybridized carbons (Fsp3) is 0.467. The predicted molar refractivity (Wildman–Crippen MR) is 77.3 cm³/mol. The van der Waals surface area contributed by atoms with E-state index in [1.54, 1.807) is 6.26 Å². The summed E-state index contributed by atoms with van der Waals surface area (Å²) in [5.74, 6) is 0.691. The lowest BCUT2D eigenvalue weighted by molar-refractivity contribution is 0.137. The molecule has 2 aromatic heterocycles. The second-order valence-electron chi connectivity index (χ2n) is 5.17. The van der Waals surface area contributed by atoms with Gasteiger partial charge in [0, 0.05) is 25.4 Å². The van der Waals surface area contributed by atoms with E-state index in [-0.39, 0.29) is 0 Å². The van der Waals surface area contributed by atoms with Crippen LogP contribution in [0.1, 0.15) is 36.6 Å². The first-order chi connectivity index (χ1) is 9.86. The Hall–Kier alpha value is -1.88. The monoisotopic (exact) mass is 272 g/mol. The van der Waals surface area contributed by atoms with Crippen LogP contribution >= 0.6 is 0 Å². The summed E-state index contributed by atoms with van der Waals surface area (Å²) in [5.41, 5.74) is 2.33. The molecule has 1 fully saturated rings. The molecule has 1 atom stereocenters. The number of nitrogens with zero attached hydrogens (tertiary/aromatic N) is 3. The van der Waals surface area contributed by atoms with Crippen molar-refractivity contribution in [2.45, 2.75) is 31.8 Å². The van der Waals surface area contributed by atoms with Crippen molar-refractivity contribution >= 4 is 5.95 Å². The van der Waals surface area contributed by atoms with Gasteiger partial charge in [0.15, 0.2) is 0 Å². The van der Waals surface area contributed by atoms with Crippen LogP contribution in [-0.4, -0.2) is 28.5 Å². The van der Waals surface area contributed by atoms with Crippen LogP contribution in [0.2, 0.25) is 0 Å². The summed E-state index contributed by atoms with van der Waals surface area (Å²) in [5, 5.41) is 3.01. The van der Waals surface area contributed by atoms with Gasteiger partial charge in [0.25, 0.3) is 0 Å². The van der Waals surface area contributed by atoms with Gasteiger partial charge in [0.05, 0.1) is 24.3 Å². The molecule has 1 N–H and O–H groups in total. The summed E-state index contributed by atoms with van der Waals surface area (Å²) in [6.45, 7) is 2.02. The third kappa shape index (κ3) is 2.82. The van der Waals surface area contributed by atoms with Gasteiger partial charge < -0.3 is 9.73 Å². The van der Waals surface area contributed by atoms with Gasteiger partial charge in [-0.1, -0.05) is 6.42 Å². The third-order valence-corrected chi connectivity index (χ3v) is 3.82. The summed E-state index contributed by atoms with van der Waals surface area (Å²) in [4.78, 5) is 11.3. The van der Waals surface area contributed by atoms with E-state index in [0.29, 0.717) is 12.0 Å². The fourth-order valence-electron chi connectivity index (χ4n) is 2.81. The van der Waals surface area contributed by atoms with Crippen LogP contribution in [0, 0.1) is 0 Å². The number of rotatable bonds is 4. The molecular formula is C15H20N4O. The molecule has 106 valence electrons. The van der Waals surface area contributed by atoms with Crippen molar-refractivity contribution in [1.82, 2.24) is 14.9 Å². The van der Waals surface area contributed by atoms with Crippen molar-refractivity contribution in [2.24, 2.45) is 0 Å². The molecule has 3 rings (SSSR count). The number of nitrogens with one attached hydrogen (secondary N) is 1. The molecule has 0 aromatic carbocycles. The van der Waals surface area contributed by atoms with Crippen molar-refractivity contribution in [3.63, 3.8) is 0 Å². The van der Waals surface area contributed by atoms with Crippen LogP contribution in [0.15, 0.2) is 35.3 Å². The Morgan fingerprint density at radius 2 is 2.35 bits per heavy atom. The maximum atomic E-state index is 5.17. The summed E-state index contributed by atoms with van der Waals surface area (Å²) in [7, 11) is 1.85. The normalized spacial score (nSPS) is 19.9. The minimum absolute atomic E-state index is 0.369. The lowest BCUT2D eigenvalue weighted by Gasteiger charge is -2.35. The van der Waals surface area contributed by atoms with E-state index in [2.05, 4.69) is 20.2 Å². The molecule has 2 aromatic rings. The zero-order valence-corrected chi connectivity index (χ0v) is 11.7. The molecule has 0 unspecified atom stereocenters. The summed E-state index contributed by atoms with van der Waals surface area (Å²) < 4.78 is 5.17. The van der Waals surface area contributed by atoms with Crippen molar-refractivity contribution in [1.29, 1.82) is 0 Å². The van der Waals surface area contributed by atoms with Crippen LogP contribution in [0.4, 0.5) is 5.95 Å². The van der Waals surface area contributed by atoms with Crippen molar-refractivity contribution in [3.05, 3.63) is 42.1 Å². The van der Waals surface area contributed by atoms with Gasteiger partial charge in [-0.25, -0.2) is 9.97 Å². The van der Waals surface area contributed by atoms with Gasteiger partial charge in [-0.05, 0) is 31.5 Å². The van der Waals surface area contributed by atoms with Gasteiger partial charge in [0.2, 0.25) is 5.95 Å². The van der Waals surface area contributed by atoms with Crippen molar-refractivity contribution < 1.29 is 4.42 Å². The quantitative estimate of drug-likeness (QED) is 0.927. The molecule has 1 aliphatic rings. The van der Waals surface area contributed by atoms with E-state index < -0.39 is 0 Å². The first-order valence-corrected chi connectivity index (χ1v) is 7.12. The minimum Gasteiger partial charge on any atom is -0.472 e. The summed E-state index contributed by atoms with van der Waals surface area (Å²) in [6.07, 6.45) is 9.04. The van der Waals surface area contributed by atoms with Gasteiger partial charge in [-0.15, -0.1) is 0 Å². The predicted octanol–water partition coefficient (Wildman–Crippen LogP) is 2.84. The molecule has 0 saturated carbocycles. The van der Waals surface area contributed by atoms with Crippen LogP contribution in [0.5, 0.6) is 0 Å². The largest absolute Gasteiger partial charge is 0.472 e. The topological polar surface area (TPSA) is 54.2 Å². The van der Waals surface area contributed by atoms with Crippen LogP contribution in [0.3, 0.4) is 0 Å². The second kappa shape index (κ2) is 6.05. The van der Waals surface area contributed by atoms with E-state index >= 15 is 0 Å². The summed E-state index contributed by atoms with van der Waals surface area (Å²) in [6, 6.07) is 4.43. The van der Waals surface area contributed by atoms with Gasteiger partial charge in [0.1, 0.15) is 0 Å². The van der Waals surface area contributed by atoms with E-state index in [1.807, 2.05) is 31.6 Å². The maximum Gasteiger partial charge on any atom is 0.222 e. The van der Waals surface area contributed by atoms with Crippen LogP contribution in [-0.2, 0) is 6.54 Å². The number of hydrogen-bond acceptors (Lipinski definition) is 5. The Bertz CT molecular complexity index is 541. The molecule has 5 nitrogen and oxygen atoms in total. The van der Waals surface area contributed by atoms with E-state index in [1.165, 1.54) is 18.4 Å². The van der Waals surface area contributed by atoms with Crippen molar-refractivity contribution in [2.75, 3.05) is 18.9 Å². The molecular weight excluding hydrogens is 252 g/mol. The molecule has 0 bridgehead atoms. The fourth-order valence-corrected chi connectivity index (χ4v) is 2.81. The molecule has 1 aliphatic heterocycles. The third-order valence-electron chi connectivity index (χ3n) is 3.82. The lowest BCUT2D eigenvalue weighted by atomic mass is 9.98. The Balaban J connectivity index is 1.80. The van der Waals surface area contributed by atoms with E-state index in [4.69, 9.17) is 4.42 Å². The van der Waals surface area contributed by atoms with E-state index in [0.717, 1.165) is 25.2 Å². The number of piperidine rings is 1. The molecule has 3 heterocycles. The Labute approximate surface area is 119 Å². The maximum absolute atomic E-state index is 5.17. The zero-order chi connectivity index (χ0) is 13.8. The number of hydrogen-bond donors (Lipinski definition) is 1. The number of aromatic nitrogens is 2. The molecule has 0 spiro atoms. The summed E-state index contributed by atoms with van der Waals surface area (Å²) >= 11 is 0. The Morgan fingerprint density at radius 3 is 3.15 bits per heavy atom. The number of furan rings is 1. The number of anilines is 1.